The van der Waals surface area contributed by atoms with Crippen LogP contribution < -0.4 is 10.2 Å². The van der Waals surface area contributed by atoms with Crippen LogP contribution in [0, 0.1) is 23.2 Å². The molecule has 2 aromatic carbocycles. The van der Waals surface area contributed by atoms with Crippen LogP contribution in [0.3, 0.4) is 0 Å². The van der Waals surface area contributed by atoms with E-state index in [1.54, 1.807) is 24.3 Å². The van der Waals surface area contributed by atoms with Crippen molar-refractivity contribution >= 4 is 34.8 Å². The monoisotopic (exact) mass is 491 g/mol. The predicted octanol–water partition coefficient (Wildman–Crippen LogP) is 5.85. The Morgan fingerprint density at radius 3 is 2.09 bits per heavy atom. The van der Waals surface area contributed by atoms with E-state index in [1.807, 2.05) is 23.1 Å². The quantitative estimate of drug-likeness (QED) is 0.571. The lowest BCUT2D eigenvalue weighted by Gasteiger charge is -2.56. The maximum Gasteiger partial charge on any atom is 0.253 e. The molecule has 184 valence electrons. The zero-order valence-electron chi connectivity index (χ0n) is 20.2. The van der Waals surface area contributed by atoms with Gasteiger partial charge in [0, 0.05) is 43.2 Å². The standard InChI is InChI=1S/C29H34ClN3O2/c30-24-7-5-23(6-8-24)28(35)33-11-9-32(10-12-33)26-4-2-1-3-25(26)31-27(34)19-29-16-20-13-21(17-29)15-22(14-20)18-29/h1-8,20-22H,9-19H2,(H,31,34). The summed E-state index contributed by atoms with van der Waals surface area (Å²) in [5, 5.41) is 3.91. The molecule has 1 N–H and O–H groups in total. The molecule has 1 saturated heterocycles. The number of halogens is 1. The number of hydrogen-bond donors (Lipinski definition) is 1. The second-order valence-corrected chi connectivity index (χ2v) is 11.9. The zero-order valence-corrected chi connectivity index (χ0v) is 21.0. The van der Waals surface area contributed by atoms with E-state index in [4.69, 9.17) is 11.6 Å². The molecule has 0 aromatic heterocycles. The molecule has 4 aliphatic carbocycles. The van der Waals surface area contributed by atoms with Gasteiger partial charge in [-0.05, 0) is 98.1 Å². The summed E-state index contributed by atoms with van der Waals surface area (Å²) in [6, 6.07) is 15.2. The van der Waals surface area contributed by atoms with E-state index in [9.17, 15) is 9.59 Å². The molecule has 0 spiro atoms. The van der Waals surface area contributed by atoms with Gasteiger partial charge in [-0.25, -0.2) is 0 Å². The normalized spacial score (nSPS) is 29.3. The van der Waals surface area contributed by atoms with Crippen molar-refractivity contribution in [3.8, 4) is 0 Å². The molecule has 5 nitrogen and oxygen atoms in total. The van der Waals surface area contributed by atoms with E-state index < -0.39 is 0 Å². The van der Waals surface area contributed by atoms with Gasteiger partial charge >= 0.3 is 0 Å². The van der Waals surface area contributed by atoms with Gasteiger partial charge in [0.2, 0.25) is 5.91 Å². The maximum absolute atomic E-state index is 13.3. The molecule has 4 saturated carbocycles. The molecule has 0 unspecified atom stereocenters. The lowest BCUT2D eigenvalue weighted by Crippen LogP contribution is -2.49. The maximum atomic E-state index is 13.3. The van der Waals surface area contributed by atoms with Gasteiger partial charge in [0.05, 0.1) is 11.4 Å². The summed E-state index contributed by atoms with van der Waals surface area (Å²) in [6.07, 6.45) is 8.60. The van der Waals surface area contributed by atoms with Crippen LogP contribution in [0.4, 0.5) is 11.4 Å². The largest absolute Gasteiger partial charge is 0.366 e. The van der Waals surface area contributed by atoms with Crippen molar-refractivity contribution in [3.05, 3.63) is 59.1 Å². The first-order chi connectivity index (χ1) is 17.0. The third-order valence-corrected chi connectivity index (χ3v) is 9.13. The molecular formula is C29H34ClN3O2. The highest BCUT2D eigenvalue weighted by atomic mass is 35.5. The Labute approximate surface area is 212 Å². The first kappa shape index (κ1) is 22.9. The van der Waals surface area contributed by atoms with Gasteiger partial charge in [0.25, 0.3) is 5.91 Å². The third-order valence-electron chi connectivity index (χ3n) is 8.88. The predicted molar refractivity (Wildman–Crippen MR) is 140 cm³/mol. The first-order valence-electron chi connectivity index (χ1n) is 13.2. The number of piperazine rings is 1. The minimum absolute atomic E-state index is 0.0403. The molecule has 0 atom stereocenters. The zero-order chi connectivity index (χ0) is 24.0. The van der Waals surface area contributed by atoms with Crippen LogP contribution in [0.25, 0.3) is 0 Å². The number of hydrogen-bond acceptors (Lipinski definition) is 3. The molecular weight excluding hydrogens is 458 g/mol. The highest BCUT2D eigenvalue weighted by Crippen LogP contribution is 2.61. The van der Waals surface area contributed by atoms with Crippen LogP contribution in [-0.2, 0) is 4.79 Å². The molecule has 1 aliphatic heterocycles. The van der Waals surface area contributed by atoms with E-state index >= 15 is 0 Å². The van der Waals surface area contributed by atoms with Gasteiger partial charge < -0.3 is 15.1 Å². The average Bonchev–Trinajstić information content (AvgIpc) is 2.83. The minimum Gasteiger partial charge on any atom is -0.366 e. The Kier molecular flexibility index (Phi) is 6.00. The van der Waals surface area contributed by atoms with E-state index in [1.165, 1.54) is 38.5 Å². The van der Waals surface area contributed by atoms with Crippen LogP contribution >= 0.6 is 11.6 Å². The van der Waals surface area contributed by atoms with Crippen LogP contribution in [0.5, 0.6) is 0 Å². The van der Waals surface area contributed by atoms with Crippen molar-refractivity contribution in [2.24, 2.45) is 23.2 Å². The highest BCUT2D eigenvalue weighted by Gasteiger charge is 2.51. The summed E-state index contributed by atoms with van der Waals surface area (Å²) < 4.78 is 0. The number of benzene rings is 2. The van der Waals surface area contributed by atoms with Crippen LogP contribution in [0.1, 0.15) is 55.3 Å². The smallest absolute Gasteiger partial charge is 0.253 e. The number of para-hydroxylation sites is 2. The van der Waals surface area contributed by atoms with Crippen molar-refractivity contribution in [2.45, 2.75) is 44.9 Å². The van der Waals surface area contributed by atoms with Crippen LogP contribution in [-0.4, -0.2) is 42.9 Å². The van der Waals surface area contributed by atoms with Crippen LogP contribution in [0.2, 0.25) is 5.02 Å². The van der Waals surface area contributed by atoms with E-state index in [0.29, 0.717) is 30.1 Å². The fourth-order valence-corrected chi connectivity index (χ4v) is 7.95. The highest BCUT2D eigenvalue weighted by molar-refractivity contribution is 6.30. The first-order valence-corrected chi connectivity index (χ1v) is 13.5. The second kappa shape index (κ2) is 9.16. The molecule has 4 bridgehead atoms. The van der Waals surface area contributed by atoms with E-state index in [-0.39, 0.29) is 17.2 Å². The van der Waals surface area contributed by atoms with Crippen molar-refractivity contribution in [3.63, 3.8) is 0 Å². The minimum atomic E-state index is 0.0403. The lowest BCUT2D eigenvalue weighted by molar-refractivity contribution is -0.124. The number of rotatable bonds is 5. The average molecular weight is 492 g/mol. The fraction of sp³-hybridized carbons (Fsp3) is 0.517. The van der Waals surface area contributed by atoms with Gasteiger partial charge in [-0.3, -0.25) is 9.59 Å². The summed E-state index contributed by atoms with van der Waals surface area (Å²) in [6.45, 7) is 2.77. The van der Waals surface area contributed by atoms with Crippen LogP contribution in [0.15, 0.2) is 48.5 Å². The van der Waals surface area contributed by atoms with Gasteiger partial charge in [0.1, 0.15) is 0 Å². The molecule has 1 heterocycles. The van der Waals surface area contributed by atoms with Crippen molar-refractivity contribution in [1.29, 1.82) is 0 Å². The number of carbonyl (C=O) groups excluding carboxylic acids is 2. The SMILES string of the molecule is O=C(CC12CC3CC(CC(C3)C1)C2)Nc1ccccc1N1CCN(C(=O)c2ccc(Cl)cc2)CC1. The third kappa shape index (κ3) is 4.67. The fourth-order valence-electron chi connectivity index (χ4n) is 7.82. The molecule has 6 heteroatoms. The number of carbonyl (C=O) groups is 2. The van der Waals surface area contributed by atoms with Gasteiger partial charge in [0.15, 0.2) is 0 Å². The molecule has 35 heavy (non-hydrogen) atoms. The second-order valence-electron chi connectivity index (χ2n) is 11.4. The number of anilines is 2. The Hall–Kier alpha value is -2.53. The Bertz CT molecular complexity index is 1070. The molecule has 5 aliphatic rings. The summed E-state index contributed by atoms with van der Waals surface area (Å²) in [4.78, 5) is 30.3. The van der Waals surface area contributed by atoms with Gasteiger partial charge in [-0.15, -0.1) is 0 Å². The van der Waals surface area contributed by atoms with Gasteiger partial charge in [-0.2, -0.15) is 0 Å². The summed E-state index contributed by atoms with van der Waals surface area (Å²) in [7, 11) is 0. The summed E-state index contributed by atoms with van der Waals surface area (Å²) in [5.74, 6) is 2.77. The molecule has 5 fully saturated rings. The summed E-state index contributed by atoms with van der Waals surface area (Å²) in [5.41, 5.74) is 2.84. The Morgan fingerprint density at radius 2 is 1.46 bits per heavy atom. The lowest BCUT2D eigenvalue weighted by atomic mass is 9.49. The molecule has 0 radical (unpaired) electrons. The van der Waals surface area contributed by atoms with Gasteiger partial charge in [-0.1, -0.05) is 23.7 Å². The van der Waals surface area contributed by atoms with E-state index in [0.717, 1.165) is 42.2 Å². The topological polar surface area (TPSA) is 52.7 Å². The number of nitrogens with zero attached hydrogens (tertiary/aromatic N) is 2. The molecule has 2 aromatic rings. The van der Waals surface area contributed by atoms with Crippen molar-refractivity contribution in [2.75, 3.05) is 36.4 Å². The molecule has 2 amide bonds. The van der Waals surface area contributed by atoms with E-state index in [2.05, 4.69) is 16.3 Å². The molecule has 7 rings (SSSR count). The number of nitrogens with one attached hydrogen (secondary N) is 1. The Balaban J connectivity index is 1.09. The number of amides is 2. The van der Waals surface area contributed by atoms with Crippen molar-refractivity contribution < 1.29 is 9.59 Å². The Morgan fingerprint density at radius 1 is 0.857 bits per heavy atom. The summed E-state index contributed by atoms with van der Waals surface area (Å²) >= 11 is 5.97. The van der Waals surface area contributed by atoms with Crippen molar-refractivity contribution in [1.82, 2.24) is 4.90 Å².